The van der Waals surface area contributed by atoms with Gasteiger partial charge in [-0.2, -0.15) is 0 Å². The first-order valence-electron chi connectivity index (χ1n) is 7.51. The average Bonchev–Trinajstić information content (AvgIpc) is 2.53. The van der Waals surface area contributed by atoms with E-state index in [4.69, 9.17) is 9.47 Å². The Morgan fingerprint density at radius 1 is 1.00 bits per heavy atom. The maximum absolute atomic E-state index is 5.86. The normalized spacial score (nSPS) is 13.2. The van der Waals surface area contributed by atoms with Gasteiger partial charge in [0.25, 0.3) is 0 Å². The lowest BCUT2D eigenvalue weighted by molar-refractivity contribution is 0.217. The highest BCUT2D eigenvalue weighted by molar-refractivity contribution is 5.63. The van der Waals surface area contributed by atoms with Crippen LogP contribution in [0.15, 0.2) is 42.5 Å². The minimum Gasteiger partial charge on any atom is -0.490 e. The molecule has 0 saturated heterocycles. The van der Waals surface area contributed by atoms with Crippen molar-refractivity contribution in [1.29, 1.82) is 0 Å². The Kier molecular flexibility index (Phi) is 4.29. The van der Waals surface area contributed by atoms with Gasteiger partial charge in [0.2, 0.25) is 0 Å². The summed E-state index contributed by atoms with van der Waals surface area (Å²) in [7, 11) is 0. The number of ether oxygens (including phenoxy) is 2. The predicted octanol–water partition coefficient (Wildman–Crippen LogP) is 3.81. The summed E-state index contributed by atoms with van der Waals surface area (Å²) >= 11 is 0. The molecule has 0 atom stereocenters. The van der Waals surface area contributed by atoms with E-state index >= 15 is 0 Å². The first kappa shape index (κ1) is 13.8. The number of rotatable bonds is 5. The van der Waals surface area contributed by atoms with Crippen molar-refractivity contribution in [2.45, 2.75) is 19.8 Å². The van der Waals surface area contributed by atoms with Crippen LogP contribution in [0.5, 0.6) is 11.5 Å². The quantitative estimate of drug-likeness (QED) is 0.846. The van der Waals surface area contributed by atoms with E-state index in [1.54, 1.807) is 0 Å². The fourth-order valence-corrected chi connectivity index (χ4v) is 2.54. The van der Waals surface area contributed by atoms with Gasteiger partial charge < -0.3 is 14.8 Å². The van der Waals surface area contributed by atoms with Gasteiger partial charge in [0.1, 0.15) is 24.7 Å². The molecule has 0 unspecified atom stereocenters. The van der Waals surface area contributed by atoms with Crippen molar-refractivity contribution < 1.29 is 9.47 Å². The zero-order valence-electron chi connectivity index (χ0n) is 12.4. The van der Waals surface area contributed by atoms with Gasteiger partial charge in [-0.3, -0.25) is 0 Å². The number of nitrogens with one attached hydrogen (secondary N) is 1. The van der Waals surface area contributed by atoms with E-state index in [0.717, 1.165) is 30.2 Å². The van der Waals surface area contributed by atoms with Crippen molar-refractivity contribution in [2.75, 3.05) is 25.1 Å². The van der Waals surface area contributed by atoms with Crippen LogP contribution in [-0.4, -0.2) is 19.8 Å². The number of aryl methyl sites for hydroxylation is 2. The Morgan fingerprint density at radius 3 is 2.67 bits per heavy atom. The third kappa shape index (κ3) is 3.48. The summed E-state index contributed by atoms with van der Waals surface area (Å²) in [6.07, 6.45) is 2.31. The molecule has 2 aromatic rings. The van der Waals surface area contributed by atoms with Gasteiger partial charge in [-0.25, -0.2) is 0 Å². The number of para-hydroxylation sites is 1. The van der Waals surface area contributed by atoms with E-state index < -0.39 is 0 Å². The predicted molar refractivity (Wildman–Crippen MR) is 85.4 cm³/mol. The zero-order chi connectivity index (χ0) is 14.5. The minimum absolute atomic E-state index is 0.548. The molecular formula is C18H21NO2. The lowest BCUT2D eigenvalue weighted by Gasteiger charge is -2.21. The fraction of sp³-hybridized carbons (Fsp3) is 0.333. The molecule has 0 fully saturated rings. The Balaban J connectivity index is 1.53. The molecule has 0 bridgehead atoms. The second kappa shape index (κ2) is 6.53. The Bertz CT molecular complexity index is 593. The van der Waals surface area contributed by atoms with Crippen LogP contribution in [0.1, 0.15) is 17.5 Å². The maximum Gasteiger partial charge on any atom is 0.142 e. The van der Waals surface area contributed by atoms with Crippen LogP contribution in [0.25, 0.3) is 0 Å². The second-order valence-electron chi connectivity index (χ2n) is 5.33. The molecule has 110 valence electrons. The van der Waals surface area contributed by atoms with Gasteiger partial charge in [0.05, 0.1) is 5.69 Å². The van der Waals surface area contributed by atoms with Crippen LogP contribution in [0.4, 0.5) is 5.69 Å². The summed E-state index contributed by atoms with van der Waals surface area (Å²) in [5.41, 5.74) is 3.73. The molecule has 0 aliphatic carbocycles. The molecule has 0 spiro atoms. The summed E-state index contributed by atoms with van der Waals surface area (Å²) in [6, 6.07) is 14.3. The van der Waals surface area contributed by atoms with Gasteiger partial charge >= 0.3 is 0 Å². The van der Waals surface area contributed by atoms with Crippen molar-refractivity contribution >= 4 is 5.69 Å². The smallest absolute Gasteiger partial charge is 0.142 e. The van der Waals surface area contributed by atoms with E-state index in [1.807, 2.05) is 30.3 Å². The standard InChI is InChI=1S/C18H21NO2/c1-14-7-9-16(10-8-14)20-12-13-21-17-6-2-4-15-5-3-11-19-18(15)17/h2,4,6-10,19H,3,5,11-13H2,1H3. The number of benzene rings is 2. The van der Waals surface area contributed by atoms with Gasteiger partial charge in [-0.1, -0.05) is 29.8 Å². The second-order valence-corrected chi connectivity index (χ2v) is 5.33. The number of fused-ring (bicyclic) bond motifs is 1. The van der Waals surface area contributed by atoms with Crippen LogP contribution >= 0.6 is 0 Å². The molecule has 3 heteroatoms. The van der Waals surface area contributed by atoms with Gasteiger partial charge in [0.15, 0.2) is 0 Å². The topological polar surface area (TPSA) is 30.5 Å². The van der Waals surface area contributed by atoms with Crippen LogP contribution in [0.3, 0.4) is 0 Å². The average molecular weight is 283 g/mol. The molecule has 0 aromatic heterocycles. The van der Waals surface area contributed by atoms with Crippen molar-refractivity contribution in [1.82, 2.24) is 0 Å². The van der Waals surface area contributed by atoms with E-state index in [2.05, 4.69) is 24.4 Å². The summed E-state index contributed by atoms with van der Waals surface area (Å²) in [5, 5.41) is 3.43. The van der Waals surface area contributed by atoms with Crippen LogP contribution in [0, 0.1) is 6.92 Å². The molecule has 3 rings (SSSR count). The summed E-state index contributed by atoms with van der Waals surface area (Å²) in [4.78, 5) is 0. The van der Waals surface area contributed by atoms with E-state index in [0.29, 0.717) is 13.2 Å². The highest BCUT2D eigenvalue weighted by atomic mass is 16.5. The minimum atomic E-state index is 0.548. The first-order chi connectivity index (χ1) is 10.3. The van der Waals surface area contributed by atoms with Crippen LogP contribution in [-0.2, 0) is 6.42 Å². The SMILES string of the molecule is Cc1ccc(OCCOc2cccc3c2NCCC3)cc1. The Hall–Kier alpha value is -2.16. The monoisotopic (exact) mass is 283 g/mol. The van der Waals surface area contributed by atoms with E-state index in [-0.39, 0.29) is 0 Å². The highest BCUT2D eigenvalue weighted by Gasteiger charge is 2.12. The molecule has 2 aromatic carbocycles. The summed E-state index contributed by atoms with van der Waals surface area (Å²) in [5.74, 6) is 1.82. The molecule has 0 radical (unpaired) electrons. The molecule has 21 heavy (non-hydrogen) atoms. The van der Waals surface area contributed by atoms with Gasteiger partial charge in [0, 0.05) is 6.54 Å². The molecule has 1 N–H and O–H groups in total. The lowest BCUT2D eigenvalue weighted by atomic mass is 10.0. The molecular weight excluding hydrogens is 262 g/mol. The maximum atomic E-state index is 5.86. The summed E-state index contributed by atoms with van der Waals surface area (Å²) < 4.78 is 11.5. The molecule has 1 heterocycles. The molecule has 0 saturated carbocycles. The Labute approximate surface area is 125 Å². The molecule has 0 amide bonds. The zero-order valence-corrected chi connectivity index (χ0v) is 12.4. The van der Waals surface area contributed by atoms with E-state index in [9.17, 15) is 0 Å². The Morgan fingerprint density at radius 2 is 1.81 bits per heavy atom. The third-order valence-electron chi connectivity index (χ3n) is 3.67. The largest absolute Gasteiger partial charge is 0.490 e. The van der Waals surface area contributed by atoms with Gasteiger partial charge in [-0.15, -0.1) is 0 Å². The van der Waals surface area contributed by atoms with Crippen molar-refractivity contribution in [3.8, 4) is 11.5 Å². The van der Waals surface area contributed by atoms with Crippen molar-refractivity contribution in [2.24, 2.45) is 0 Å². The lowest BCUT2D eigenvalue weighted by Crippen LogP contribution is -2.15. The first-order valence-corrected chi connectivity index (χ1v) is 7.51. The van der Waals surface area contributed by atoms with E-state index in [1.165, 1.54) is 17.5 Å². The number of hydrogen-bond donors (Lipinski definition) is 1. The summed E-state index contributed by atoms with van der Waals surface area (Å²) in [6.45, 7) is 4.18. The molecule has 1 aliphatic heterocycles. The number of anilines is 1. The fourth-order valence-electron chi connectivity index (χ4n) is 2.54. The third-order valence-corrected chi connectivity index (χ3v) is 3.67. The van der Waals surface area contributed by atoms with Crippen LogP contribution < -0.4 is 14.8 Å². The van der Waals surface area contributed by atoms with Gasteiger partial charge in [-0.05, 0) is 43.5 Å². The van der Waals surface area contributed by atoms with Crippen molar-refractivity contribution in [3.05, 3.63) is 53.6 Å². The van der Waals surface area contributed by atoms with Crippen molar-refractivity contribution in [3.63, 3.8) is 0 Å². The molecule has 3 nitrogen and oxygen atoms in total. The van der Waals surface area contributed by atoms with Crippen LogP contribution in [0.2, 0.25) is 0 Å². The highest BCUT2D eigenvalue weighted by Crippen LogP contribution is 2.31. The number of hydrogen-bond acceptors (Lipinski definition) is 3. The molecule has 1 aliphatic rings.